The monoisotopic (exact) mass is 680 g/mol. The van der Waals surface area contributed by atoms with Crippen LogP contribution in [0.15, 0.2) is 60.9 Å². The summed E-state index contributed by atoms with van der Waals surface area (Å²) in [5.74, 6) is 1.58. The first kappa shape index (κ1) is 32.9. The zero-order chi connectivity index (χ0) is 34.5. The zero-order valence-electron chi connectivity index (χ0n) is 29.0. The summed E-state index contributed by atoms with van der Waals surface area (Å²) in [5, 5.41) is 1.18. The van der Waals surface area contributed by atoms with Crippen LogP contribution in [-0.2, 0) is 9.47 Å². The van der Waals surface area contributed by atoms with Crippen molar-refractivity contribution in [2.75, 3.05) is 13.1 Å². The highest BCUT2D eigenvalue weighted by atomic mass is 32.1. The van der Waals surface area contributed by atoms with Crippen LogP contribution in [0.2, 0.25) is 0 Å². The number of likely N-dealkylation sites (tertiary alicyclic amines) is 2. The van der Waals surface area contributed by atoms with E-state index in [0.717, 1.165) is 65.4 Å². The first-order chi connectivity index (χ1) is 23.3. The topological polar surface area (TPSA) is 116 Å². The molecule has 256 valence electrons. The Morgan fingerprint density at radius 1 is 0.714 bits per heavy atom. The molecular weight excluding hydrogens is 637 g/mol. The highest BCUT2D eigenvalue weighted by Crippen LogP contribution is 2.38. The minimum Gasteiger partial charge on any atom is -0.444 e. The summed E-state index contributed by atoms with van der Waals surface area (Å²) < 4.78 is 12.5. The summed E-state index contributed by atoms with van der Waals surface area (Å²) in [4.78, 5) is 46.7. The van der Waals surface area contributed by atoms with Crippen molar-refractivity contribution >= 4 is 33.6 Å². The number of imidazole rings is 2. The van der Waals surface area contributed by atoms with Gasteiger partial charge >= 0.3 is 12.2 Å². The number of carbonyl (C=O) groups is 2. The lowest BCUT2D eigenvalue weighted by atomic mass is 10.1. The summed E-state index contributed by atoms with van der Waals surface area (Å²) in [6.07, 6.45) is 6.67. The molecule has 2 fully saturated rings. The van der Waals surface area contributed by atoms with Gasteiger partial charge in [-0.05, 0) is 95.9 Å². The van der Waals surface area contributed by atoms with Crippen molar-refractivity contribution in [1.82, 2.24) is 29.7 Å². The minimum absolute atomic E-state index is 0.116. The second-order valence-electron chi connectivity index (χ2n) is 15.0. The molecule has 0 aliphatic carbocycles. The van der Waals surface area contributed by atoms with Crippen molar-refractivity contribution in [1.29, 1.82) is 0 Å². The molecule has 0 saturated carbocycles. The van der Waals surface area contributed by atoms with Crippen LogP contribution in [0.1, 0.15) is 91.0 Å². The number of nitrogens with one attached hydrogen (secondary N) is 2. The number of aromatic amines is 2. The molecule has 2 saturated heterocycles. The molecule has 11 heteroatoms. The fourth-order valence-corrected chi connectivity index (χ4v) is 7.75. The van der Waals surface area contributed by atoms with Gasteiger partial charge in [0, 0.05) is 28.2 Å². The van der Waals surface area contributed by atoms with Crippen LogP contribution in [0.25, 0.3) is 43.0 Å². The van der Waals surface area contributed by atoms with Crippen molar-refractivity contribution < 1.29 is 19.1 Å². The summed E-state index contributed by atoms with van der Waals surface area (Å²) in [7, 11) is 0. The largest absolute Gasteiger partial charge is 0.444 e. The van der Waals surface area contributed by atoms with Crippen LogP contribution >= 0.6 is 11.3 Å². The van der Waals surface area contributed by atoms with Crippen LogP contribution in [0.5, 0.6) is 0 Å². The molecule has 0 bridgehead atoms. The Bertz CT molecular complexity index is 1980. The third-order valence-corrected chi connectivity index (χ3v) is 10.0. The number of nitrogens with zero attached hydrogens (tertiary/aromatic N) is 4. The molecule has 2 amide bonds. The number of H-pyrrole nitrogens is 2. The lowest BCUT2D eigenvalue weighted by molar-refractivity contribution is 0.0208. The molecule has 0 radical (unpaired) electrons. The maximum absolute atomic E-state index is 12.8. The summed E-state index contributed by atoms with van der Waals surface area (Å²) >= 11 is 1.76. The van der Waals surface area contributed by atoms with Gasteiger partial charge in [-0.1, -0.05) is 36.4 Å². The highest BCUT2D eigenvalue weighted by molar-refractivity contribution is 7.22. The molecule has 0 unspecified atom stereocenters. The Hall–Kier alpha value is -4.64. The second kappa shape index (κ2) is 12.7. The molecule has 0 spiro atoms. The number of fused-ring (bicyclic) bond motifs is 1. The van der Waals surface area contributed by atoms with Gasteiger partial charge in [0.2, 0.25) is 0 Å². The van der Waals surface area contributed by atoms with E-state index in [-0.39, 0.29) is 24.3 Å². The molecule has 5 heterocycles. The smallest absolute Gasteiger partial charge is 0.410 e. The number of aromatic nitrogens is 4. The number of amides is 2. The number of ether oxygens (including phenoxy) is 2. The quantitative estimate of drug-likeness (QED) is 0.191. The number of hydrogen-bond acceptors (Lipinski definition) is 7. The standard InChI is InChI=1S/C38H44N6O4S/c1-37(2,3)47-35(45)43-17-7-9-29(43)33-39-21-27(41-33)23-11-13-24(14-12-23)31-20-26-16-15-25(19-32(26)49-31)28-22-40-34(42-28)30-10-8-18-44(30)36(46)48-38(4,5)6/h11-16,19-22,29-30H,7-10,17-18H2,1-6H3,(H,39,41)(H,40,42)/t29-,30-/m0/s1. The van der Waals surface area contributed by atoms with E-state index in [1.165, 1.54) is 15.0 Å². The van der Waals surface area contributed by atoms with E-state index in [2.05, 4.69) is 68.5 Å². The van der Waals surface area contributed by atoms with Crippen LogP contribution in [0.4, 0.5) is 9.59 Å². The summed E-state index contributed by atoms with van der Waals surface area (Å²) in [6.45, 7) is 12.7. The third-order valence-electron chi connectivity index (χ3n) is 8.90. The Morgan fingerprint density at radius 2 is 1.20 bits per heavy atom. The zero-order valence-corrected chi connectivity index (χ0v) is 29.8. The number of thiophene rings is 1. The second-order valence-corrected chi connectivity index (χ2v) is 16.1. The number of rotatable bonds is 5. The van der Waals surface area contributed by atoms with Gasteiger partial charge in [0.1, 0.15) is 22.9 Å². The lowest BCUT2D eigenvalue weighted by Crippen LogP contribution is -2.36. The van der Waals surface area contributed by atoms with E-state index >= 15 is 0 Å². The summed E-state index contributed by atoms with van der Waals surface area (Å²) in [5.41, 5.74) is 4.01. The molecule has 2 aliphatic rings. The highest BCUT2D eigenvalue weighted by Gasteiger charge is 2.36. The van der Waals surface area contributed by atoms with Gasteiger partial charge in [-0.3, -0.25) is 9.80 Å². The first-order valence-corrected chi connectivity index (χ1v) is 17.9. The Morgan fingerprint density at radius 3 is 1.73 bits per heavy atom. The van der Waals surface area contributed by atoms with E-state index in [4.69, 9.17) is 9.47 Å². The SMILES string of the molecule is CC(C)(C)OC(=O)N1CCC[C@H]1c1ncc(-c2ccc(-c3cc4ccc(-c5cnc([C@@H]6CCCN6C(=O)OC(C)(C)C)[nH]5)cc4s3)cc2)[nH]1. The molecule has 49 heavy (non-hydrogen) atoms. The van der Waals surface area contributed by atoms with Gasteiger partial charge in [-0.25, -0.2) is 19.6 Å². The minimum atomic E-state index is -0.539. The average molecular weight is 681 g/mol. The first-order valence-electron chi connectivity index (χ1n) is 17.1. The summed E-state index contributed by atoms with van der Waals surface area (Å²) in [6, 6.07) is 17.0. The number of carbonyl (C=O) groups excluding carboxylic acids is 2. The van der Waals surface area contributed by atoms with Gasteiger partial charge in [-0.2, -0.15) is 0 Å². The van der Waals surface area contributed by atoms with Crippen LogP contribution in [0, 0.1) is 0 Å². The van der Waals surface area contributed by atoms with Crippen molar-refractivity contribution in [3.05, 3.63) is 72.6 Å². The van der Waals surface area contributed by atoms with Gasteiger partial charge in [0.25, 0.3) is 0 Å². The van der Waals surface area contributed by atoms with E-state index in [1.807, 2.05) is 53.9 Å². The molecule has 10 nitrogen and oxygen atoms in total. The van der Waals surface area contributed by atoms with Gasteiger partial charge < -0.3 is 19.4 Å². The molecule has 3 aromatic heterocycles. The maximum Gasteiger partial charge on any atom is 0.410 e. The van der Waals surface area contributed by atoms with Gasteiger partial charge in [0.05, 0.1) is 35.9 Å². The van der Waals surface area contributed by atoms with Crippen molar-refractivity contribution in [3.63, 3.8) is 0 Å². The third kappa shape index (κ3) is 7.08. The van der Waals surface area contributed by atoms with Crippen LogP contribution < -0.4 is 0 Å². The molecule has 5 aromatic rings. The average Bonchev–Trinajstić information content (AvgIpc) is 3.87. The Labute approximate surface area is 290 Å². The van der Waals surface area contributed by atoms with E-state index in [9.17, 15) is 9.59 Å². The van der Waals surface area contributed by atoms with E-state index < -0.39 is 11.2 Å². The lowest BCUT2D eigenvalue weighted by Gasteiger charge is -2.27. The van der Waals surface area contributed by atoms with Crippen molar-refractivity contribution in [2.24, 2.45) is 0 Å². The predicted octanol–water partition coefficient (Wildman–Crippen LogP) is 9.49. The van der Waals surface area contributed by atoms with E-state index in [1.54, 1.807) is 21.1 Å². The number of hydrogen-bond donors (Lipinski definition) is 2. The normalized spacial score (nSPS) is 18.4. The molecule has 2 atom stereocenters. The molecule has 2 aliphatic heterocycles. The van der Waals surface area contributed by atoms with Crippen molar-refractivity contribution in [3.8, 4) is 33.0 Å². The predicted molar refractivity (Wildman–Crippen MR) is 192 cm³/mol. The maximum atomic E-state index is 12.8. The van der Waals surface area contributed by atoms with Crippen LogP contribution in [-0.4, -0.2) is 66.2 Å². The van der Waals surface area contributed by atoms with Gasteiger partial charge in [0.15, 0.2) is 0 Å². The fourth-order valence-electron chi connectivity index (χ4n) is 6.64. The number of benzene rings is 2. The Balaban J connectivity index is 1.05. The molecule has 2 aromatic carbocycles. The van der Waals surface area contributed by atoms with Crippen LogP contribution in [0.3, 0.4) is 0 Å². The Kier molecular flexibility index (Phi) is 8.50. The van der Waals surface area contributed by atoms with Gasteiger partial charge in [-0.15, -0.1) is 11.3 Å². The molecule has 7 rings (SSSR count). The van der Waals surface area contributed by atoms with E-state index in [0.29, 0.717) is 13.1 Å². The molecule has 2 N–H and O–H groups in total. The molecular formula is C38H44N6O4S. The van der Waals surface area contributed by atoms with Crippen molar-refractivity contribution in [2.45, 2.75) is 90.5 Å². The fraction of sp³-hybridized carbons (Fsp3) is 0.421.